The fraction of sp³-hybridized carbons (Fsp3) is 0.533. The summed E-state index contributed by atoms with van der Waals surface area (Å²) < 4.78 is 18.6. The Balaban J connectivity index is 1.74. The smallest absolute Gasteiger partial charge is 0.239 e. The highest BCUT2D eigenvalue weighted by Crippen LogP contribution is 2.16. The van der Waals surface area contributed by atoms with Gasteiger partial charge in [0.25, 0.3) is 0 Å². The van der Waals surface area contributed by atoms with Gasteiger partial charge in [-0.15, -0.1) is 0 Å². The molecular weight excluding hydrogens is 259 g/mol. The van der Waals surface area contributed by atoms with Gasteiger partial charge in [0, 0.05) is 13.1 Å². The molecule has 2 N–H and O–H groups in total. The van der Waals surface area contributed by atoms with E-state index >= 15 is 0 Å². The standard InChI is InChI=1S/C15H21FN2O2/c1-11(17)15(19)18-8-6-14(7-9-18)20-10-12-2-4-13(16)5-3-12/h2-5,11,14H,6-10,17H2,1H3/t11-/m1/s1. The van der Waals surface area contributed by atoms with Gasteiger partial charge in [0.1, 0.15) is 5.82 Å². The molecular formula is C15H21FN2O2. The number of carbonyl (C=O) groups excluding carboxylic acids is 1. The molecule has 0 aliphatic carbocycles. The van der Waals surface area contributed by atoms with Gasteiger partial charge in [0.2, 0.25) is 5.91 Å². The molecule has 5 heteroatoms. The third kappa shape index (κ3) is 4.02. The van der Waals surface area contributed by atoms with Crippen LogP contribution in [-0.4, -0.2) is 36.0 Å². The van der Waals surface area contributed by atoms with E-state index in [0.29, 0.717) is 19.7 Å². The number of ether oxygens (including phenoxy) is 1. The van der Waals surface area contributed by atoms with Crippen LogP contribution < -0.4 is 5.73 Å². The van der Waals surface area contributed by atoms with E-state index in [2.05, 4.69) is 0 Å². The van der Waals surface area contributed by atoms with Crippen molar-refractivity contribution in [3.05, 3.63) is 35.6 Å². The largest absolute Gasteiger partial charge is 0.373 e. The van der Waals surface area contributed by atoms with Crippen molar-refractivity contribution < 1.29 is 13.9 Å². The lowest BCUT2D eigenvalue weighted by atomic mass is 10.1. The SMILES string of the molecule is C[C@@H](N)C(=O)N1CCC(OCc2ccc(F)cc2)CC1. The lowest BCUT2D eigenvalue weighted by Gasteiger charge is -2.32. The first kappa shape index (κ1) is 14.9. The van der Waals surface area contributed by atoms with Gasteiger partial charge in [0.15, 0.2) is 0 Å². The normalized spacial score (nSPS) is 18.1. The van der Waals surface area contributed by atoms with Crippen molar-refractivity contribution in [1.29, 1.82) is 0 Å². The minimum absolute atomic E-state index is 0.00184. The topological polar surface area (TPSA) is 55.6 Å². The second-order valence-electron chi connectivity index (χ2n) is 5.25. The van der Waals surface area contributed by atoms with Crippen molar-refractivity contribution in [2.45, 2.75) is 38.5 Å². The number of carbonyl (C=O) groups is 1. The fourth-order valence-electron chi connectivity index (χ4n) is 2.33. The lowest BCUT2D eigenvalue weighted by Crippen LogP contribution is -2.47. The number of rotatable bonds is 4. The molecule has 0 bridgehead atoms. The molecule has 0 aromatic heterocycles. The van der Waals surface area contributed by atoms with Crippen LogP contribution in [0.25, 0.3) is 0 Å². The van der Waals surface area contributed by atoms with Gasteiger partial charge >= 0.3 is 0 Å². The number of nitrogens with two attached hydrogens (primary N) is 1. The van der Waals surface area contributed by atoms with Crippen molar-refractivity contribution in [3.63, 3.8) is 0 Å². The molecule has 1 aliphatic heterocycles. The molecule has 2 rings (SSSR count). The number of nitrogens with zero attached hydrogens (tertiary/aromatic N) is 1. The summed E-state index contributed by atoms with van der Waals surface area (Å²) in [5, 5.41) is 0. The Kier molecular flexibility index (Phi) is 5.09. The molecule has 0 saturated carbocycles. The average Bonchev–Trinajstić information content (AvgIpc) is 2.46. The number of halogens is 1. The van der Waals surface area contributed by atoms with E-state index in [1.165, 1.54) is 12.1 Å². The Bertz CT molecular complexity index is 440. The molecule has 1 amide bonds. The number of hydrogen-bond acceptors (Lipinski definition) is 3. The maximum atomic E-state index is 12.8. The zero-order valence-electron chi connectivity index (χ0n) is 11.7. The number of amides is 1. The highest BCUT2D eigenvalue weighted by molar-refractivity contribution is 5.81. The molecule has 1 fully saturated rings. The van der Waals surface area contributed by atoms with Gasteiger partial charge in [0.05, 0.1) is 18.8 Å². The first-order valence-corrected chi connectivity index (χ1v) is 6.96. The van der Waals surface area contributed by atoms with Crippen LogP contribution in [0, 0.1) is 5.82 Å². The predicted octanol–water partition coefficient (Wildman–Crippen LogP) is 1.68. The molecule has 1 aliphatic rings. The molecule has 1 aromatic carbocycles. The maximum absolute atomic E-state index is 12.8. The summed E-state index contributed by atoms with van der Waals surface area (Å²) in [4.78, 5) is 13.5. The third-order valence-electron chi connectivity index (χ3n) is 3.54. The third-order valence-corrected chi connectivity index (χ3v) is 3.54. The minimum atomic E-state index is -0.438. The van der Waals surface area contributed by atoms with E-state index in [1.807, 2.05) is 0 Å². The Morgan fingerprint density at radius 1 is 1.40 bits per heavy atom. The molecule has 0 spiro atoms. The van der Waals surface area contributed by atoms with Crippen LogP contribution in [0.5, 0.6) is 0 Å². The van der Waals surface area contributed by atoms with E-state index in [1.54, 1.807) is 24.0 Å². The zero-order valence-corrected chi connectivity index (χ0v) is 11.7. The van der Waals surface area contributed by atoms with Crippen molar-refractivity contribution in [2.75, 3.05) is 13.1 Å². The Morgan fingerprint density at radius 2 is 2.00 bits per heavy atom. The second kappa shape index (κ2) is 6.81. The van der Waals surface area contributed by atoms with E-state index in [-0.39, 0.29) is 17.8 Å². The summed E-state index contributed by atoms with van der Waals surface area (Å²) in [7, 11) is 0. The maximum Gasteiger partial charge on any atom is 0.239 e. The summed E-state index contributed by atoms with van der Waals surface area (Å²) in [5.41, 5.74) is 6.55. The Morgan fingerprint density at radius 3 is 2.55 bits per heavy atom. The molecule has 1 aromatic rings. The highest BCUT2D eigenvalue weighted by Gasteiger charge is 2.24. The van der Waals surface area contributed by atoms with Crippen molar-refractivity contribution in [3.8, 4) is 0 Å². The fourth-order valence-corrected chi connectivity index (χ4v) is 2.33. The van der Waals surface area contributed by atoms with Gasteiger partial charge in [-0.1, -0.05) is 12.1 Å². The van der Waals surface area contributed by atoms with Crippen LogP contribution in [-0.2, 0) is 16.1 Å². The first-order valence-electron chi connectivity index (χ1n) is 6.96. The van der Waals surface area contributed by atoms with Gasteiger partial charge in [-0.2, -0.15) is 0 Å². The average molecular weight is 280 g/mol. The molecule has 1 heterocycles. The first-order chi connectivity index (χ1) is 9.56. The van der Waals surface area contributed by atoms with Crippen LogP contribution >= 0.6 is 0 Å². The Labute approximate surface area is 118 Å². The van der Waals surface area contributed by atoms with E-state index in [4.69, 9.17) is 10.5 Å². The number of piperidine rings is 1. The van der Waals surface area contributed by atoms with Crippen LogP contribution in [0.1, 0.15) is 25.3 Å². The molecule has 110 valence electrons. The molecule has 1 atom stereocenters. The van der Waals surface area contributed by atoms with Crippen molar-refractivity contribution >= 4 is 5.91 Å². The van der Waals surface area contributed by atoms with Gasteiger partial charge < -0.3 is 15.4 Å². The van der Waals surface area contributed by atoms with Crippen molar-refractivity contribution in [2.24, 2.45) is 5.73 Å². The van der Waals surface area contributed by atoms with Gasteiger partial charge in [-0.25, -0.2) is 4.39 Å². The lowest BCUT2D eigenvalue weighted by molar-refractivity contribution is -0.135. The molecule has 0 unspecified atom stereocenters. The summed E-state index contributed by atoms with van der Waals surface area (Å²) in [6.07, 6.45) is 1.79. The van der Waals surface area contributed by atoms with Crippen LogP contribution in [0.2, 0.25) is 0 Å². The second-order valence-corrected chi connectivity index (χ2v) is 5.25. The van der Waals surface area contributed by atoms with E-state index in [0.717, 1.165) is 18.4 Å². The number of hydrogen-bond donors (Lipinski definition) is 1. The monoisotopic (exact) mass is 280 g/mol. The number of likely N-dealkylation sites (tertiary alicyclic amines) is 1. The predicted molar refractivity (Wildman–Crippen MR) is 74.4 cm³/mol. The van der Waals surface area contributed by atoms with E-state index in [9.17, 15) is 9.18 Å². The van der Waals surface area contributed by atoms with Crippen molar-refractivity contribution in [1.82, 2.24) is 4.90 Å². The van der Waals surface area contributed by atoms with E-state index < -0.39 is 6.04 Å². The Hall–Kier alpha value is -1.46. The molecule has 0 radical (unpaired) electrons. The highest BCUT2D eigenvalue weighted by atomic mass is 19.1. The van der Waals surface area contributed by atoms with Gasteiger partial charge in [-0.05, 0) is 37.5 Å². The van der Waals surface area contributed by atoms with Crippen LogP contribution in [0.15, 0.2) is 24.3 Å². The minimum Gasteiger partial charge on any atom is -0.373 e. The number of benzene rings is 1. The summed E-state index contributed by atoms with van der Waals surface area (Å²) in [6, 6.07) is 5.88. The molecule has 1 saturated heterocycles. The zero-order chi connectivity index (χ0) is 14.5. The summed E-state index contributed by atoms with van der Waals surface area (Å²) in [5.74, 6) is -0.238. The summed E-state index contributed by atoms with van der Waals surface area (Å²) in [6.45, 7) is 3.56. The molecule has 20 heavy (non-hydrogen) atoms. The van der Waals surface area contributed by atoms with Crippen LogP contribution in [0.3, 0.4) is 0 Å². The van der Waals surface area contributed by atoms with Gasteiger partial charge in [-0.3, -0.25) is 4.79 Å². The molecule has 4 nitrogen and oxygen atoms in total. The summed E-state index contributed by atoms with van der Waals surface area (Å²) >= 11 is 0. The quantitative estimate of drug-likeness (QED) is 0.913. The van der Waals surface area contributed by atoms with Crippen LogP contribution in [0.4, 0.5) is 4.39 Å².